The Kier molecular flexibility index (Phi) is 16.3. The third-order valence-corrected chi connectivity index (χ3v) is 10.6. The van der Waals surface area contributed by atoms with E-state index in [1.165, 1.54) is 32.6 Å². The maximum Gasteiger partial charge on any atom is 0.408 e. The lowest BCUT2D eigenvalue weighted by Gasteiger charge is -2.52. The minimum absolute atomic E-state index is 0.0349. The Morgan fingerprint density at radius 1 is 0.774 bits per heavy atom. The van der Waals surface area contributed by atoms with E-state index < -0.39 is 77.7 Å². The molecule has 3 aliphatic carbocycles. The number of amides is 6. The van der Waals surface area contributed by atoms with Gasteiger partial charge in [0.25, 0.3) is 5.91 Å². The lowest BCUT2D eigenvalue weighted by atomic mass is 9.57. The van der Waals surface area contributed by atoms with Crippen molar-refractivity contribution in [2.75, 3.05) is 6.54 Å². The summed E-state index contributed by atoms with van der Waals surface area (Å²) in [6, 6.07) is 3.86. The van der Waals surface area contributed by atoms with Crippen LogP contribution in [0.5, 0.6) is 0 Å². The number of carbonyl (C=O) groups excluding carboxylic acids is 7. The molecule has 0 aliphatic heterocycles. The van der Waals surface area contributed by atoms with Crippen molar-refractivity contribution in [1.82, 2.24) is 26.6 Å². The van der Waals surface area contributed by atoms with Crippen LogP contribution in [0.2, 0.25) is 0 Å². The molecule has 1 unspecified atom stereocenters. The van der Waals surface area contributed by atoms with Gasteiger partial charge in [-0.05, 0) is 81.6 Å². The van der Waals surface area contributed by atoms with Crippen LogP contribution in [0.4, 0.5) is 4.79 Å². The Bertz CT molecular complexity index is 1430. The van der Waals surface area contributed by atoms with Crippen molar-refractivity contribution < 1.29 is 38.3 Å². The number of ether oxygens (including phenoxy) is 1. The van der Waals surface area contributed by atoms with Gasteiger partial charge in [-0.1, -0.05) is 83.7 Å². The van der Waals surface area contributed by atoms with Gasteiger partial charge < -0.3 is 37.1 Å². The molecule has 6 amide bonds. The second kappa shape index (κ2) is 20.1. The summed E-state index contributed by atoms with van der Waals surface area (Å²) in [6.45, 7) is 8.60. The number of primary amides is 1. The fraction of sp³-hybridized carbons (Fsp3) is 0.667. The molecule has 1 aromatic carbocycles. The maximum atomic E-state index is 13.5. The van der Waals surface area contributed by atoms with Gasteiger partial charge in [0.05, 0.1) is 12.6 Å². The second-order valence-corrected chi connectivity index (χ2v) is 15.3. The molecule has 4 atom stereocenters. The molecule has 3 fully saturated rings. The molecule has 14 heteroatoms. The molecule has 4 rings (SSSR count). The number of nitrogens with two attached hydrogens (primary N) is 1. The molecule has 3 saturated carbocycles. The molecule has 0 saturated heterocycles. The second-order valence-electron chi connectivity index (χ2n) is 15.3. The highest BCUT2D eigenvalue weighted by Crippen LogP contribution is 2.56. The van der Waals surface area contributed by atoms with Crippen molar-refractivity contribution in [1.29, 1.82) is 0 Å². The van der Waals surface area contributed by atoms with Gasteiger partial charge in [-0.3, -0.25) is 28.8 Å². The van der Waals surface area contributed by atoms with Crippen molar-refractivity contribution >= 4 is 41.4 Å². The van der Waals surface area contributed by atoms with Crippen molar-refractivity contribution in [2.24, 2.45) is 17.1 Å². The van der Waals surface area contributed by atoms with Crippen molar-refractivity contribution in [3.05, 3.63) is 35.9 Å². The molecule has 0 heterocycles. The van der Waals surface area contributed by atoms with Crippen LogP contribution in [0.25, 0.3) is 0 Å². The third kappa shape index (κ3) is 12.8. The first-order valence-corrected chi connectivity index (χ1v) is 19.2. The van der Waals surface area contributed by atoms with E-state index in [-0.39, 0.29) is 18.8 Å². The highest BCUT2D eigenvalue weighted by Gasteiger charge is 2.50. The van der Waals surface area contributed by atoms with Crippen LogP contribution >= 0.6 is 0 Å². The van der Waals surface area contributed by atoms with Gasteiger partial charge >= 0.3 is 6.09 Å². The first kappa shape index (κ1) is 42.9. The number of hydrogen-bond acceptors (Lipinski definition) is 8. The summed E-state index contributed by atoms with van der Waals surface area (Å²) in [7, 11) is 0. The maximum absolute atomic E-state index is 13.5. The summed E-state index contributed by atoms with van der Waals surface area (Å²) in [5.74, 6) is -4.94. The molecule has 0 spiro atoms. The Hall–Kier alpha value is -4.49. The number of Topliss-reactive ketones (excluding diaryl/α,β-unsaturated/α-hetero) is 1. The Morgan fingerprint density at radius 3 is 1.96 bits per heavy atom. The smallest absolute Gasteiger partial charge is 0.408 e. The first-order valence-electron chi connectivity index (χ1n) is 19.2. The van der Waals surface area contributed by atoms with E-state index in [1.54, 1.807) is 37.3 Å². The highest BCUT2D eigenvalue weighted by atomic mass is 16.6. The van der Waals surface area contributed by atoms with Crippen LogP contribution in [0.1, 0.15) is 130 Å². The number of nitrogens with one attached hydrogen (secondary N) is 5. The largest absolute Gasteiger partial charge is 0.443 e. The van der Waals surface area contributed by atoms with E-state index in [0.29, 0.717) is 17.4 Å². The van der Waals surface area contributed by atoms with Gasteiger partial charge in [-0.15, -0.1) is 0 Å². The van der Waals surface area contributed by atoms with Gasteiger partial charge in [0.1, 0.15) is 23.7 Å². The number of unbranched alkanes of at least 4 members (excludes halogenated alkanes) is 2. The number of fused-ring (bicyclic) bond motifs is 3. The Labute approximate surface area is 313 Å². The first-order chi connectivity index (χ1) is 25.1. The van der Waals surface area contributed by atoms with Crippen LogP contribution in [0.3, 0.4) is 0 Å². The van der Waals surface area contributed by atoms with Crippen molar-refractivity contribution in [2.45, 2.75) is 148 Å². The van der Waals surface area contributed by atoms with Crippen LogP contribution in [-0.2, 0) is 33.5 Å². The summed E-state index contributed by atoms with van der Waals surface area (Å²) in [4.78, 5) is 90.1. The summed E-state index contributed by atoms with van der Waals surface area (Å²) in [5, 5.41) is 12.6. The number of alkyl carbamates (subject to hydrolysis) is 1. The van der Waals surface area contributed by atoms with Gasteiger partial charge in [0.2, 0.25) is 29.4 Å². The summed E-state index contributed by atoms with van der Waals surface area (Å²) >= 11 is 0. The average Bonchev–Trinajstić information content (AvgIpc) is 3.12. The molecule has 7 N–H and O–H groups in total. The number of carbonyl (C=O) groups is 7. The molecular weight excluding hydrogens is 680 g/mol. The summed E-state index contributed by atoms with van der Waals surface area (Å²) < 4.78 is 5.96. The molecule has 0 aromatic heterocycles. The van der Waals surface area contributed by atoms with E-state index in [2.05, 4.69) is 33.5 Å². The zero-order valence-electron chi connectivity index (χ0n) is 32.0. The van der Waals surface area contributed by atoms with Crippen LogP contribution in [-0.4, -0.2) is 71.7 Å². The van der Waals surface area contributed by atoms with E-state index in [1.807, 2.05) is 13.8 Å². The molecule has 0 radical (unpaired) electrons. The SMILES string of the molecule is CCCCCC12CCC(OC(=O)N[C@@H](C)C(=O)N[C@@H](CC(C)C)C(=O)NC(CCC)C(=O)C(=O)NCC(=O)N[C@H](C(N)=O)c3ccccc3)(CC1)CC2. The van der Waals surface area contributed by atoms with Gasteiger partial charge in [0, 0.05) is 0 Å². The van der Waals surface area contributed by atoms with Crippen molar-refractivity contribution in [3.8, 4) is 0 Å². The van der Waals surface area contributed by atoms with E-state index in [4.69, 9.17) is 10.5 Å². The predicted molar refractivity (Wildman–Crippen MR) is 199 cm³/mol. The number of benzene rings is 1. The minimum atomic E-state index is -1.23. The standard InChI is InChI=1S/C39H60N6O8/c1-6-8-12-16-38-17-20-39(21-18-38,22-19-38)53-37(52)42-26(5)34(49)44-29(23-25(3)4)35(50)43-28(13-7-2)32(47)36(51)41-24-30(46)45-31(33(40)48)27-14-10-9-11-15-27/h9-11,14-15,25-26,28-29,31H,6-8,12-13,16-24H2,1-5H3,(H2,40,48)(H,41,51)(H,42,52)(H,43,50)(H,44,49)(H,45,46)/t26-,28?,29-,31-,38?,39?/m0/s1. The minimum Gasteiger partial charge on any atom is -0.443 e. The van der Waals surface area contributed by atoms with Crippen LogP contribution in [0, 0.1) is 11.3 Å². The fourth-order valence-corrected chi connectivity index (χ4v) is 7.39. The van der Waals surface area contributed by atoms with Gasteiger partial charge in [-0.25, -0.2) is 4.79 Å². The fourth-order valence-electron chi connectivity index (χ4n) is 7.39. The third-order valence-electron chi connectivity index (χ3n) is 10.6. The molecule has 14 nitrogen and oxygen atoms in total. The normalized spacial score (nSPS) is 21.3. The van der Waals surface area contributed by atoms with Gasteiger partial charge in [0.15, 0.2) is 0 Å². The molecular formula is C39H60N6O8. The monoisotopic (exact) mass is 740 g/mol. The van der Waals surface area contributed by atoms with Crippen LogP contribution in [0.15, 0.2) is 30.3 Å². The summed E-state index contributed by atoms with van der Waals surface area (Å²) in [5.41, 5.74) is 5.73. The summed E-state index contributed by atoms with van der Waals surface area (Å²) in [6.07, 6.45) is 10.6. The average molecular weight is 741 g/mol. The number of rotatable bonds is 21. The molecule has 294 valence electrons. The highest BCUT2D eigenvalue weighted by molar-refractivity contribution is 6.38. The zero-order valence-corrected chi connectivity index (χ0v) is 32.0. The van der Waals surface area contributed by atoms with E-state index in [0.717, 1.165) is 38.5 Å². The Morgan fingerprint density at radius 2 is 1.40 bits per heavy atom. The molecule has 1 aromatic rings. The van der Waals surface area contributed by atoms with Crippen molar-refractivity contribution in [3.63, 3.8) is 0 Å². The lowest BCUT2D eigenvalue weighted by molar-refractivity contribution is -0.141. The van der Waals surface area contributed by atoms with Gasteiger partial charge in [-0.2, -0.15) is 0 Å². The molecule has 53 heavy (non-hydrogen) atoms. The molecule has 3 aliphatic rings. The lowest BCUT2D eigenvalue weighted by Crippen LogP contribution is -2.57. The topological polar surface area (TPSA) is 215 Å². The van der Waals surface area contributed by atoms with E-state index >= 15 is 0 Å². The zero-order chi connectivity index (χ0) is 39.2. The number of ketones is 1. The Balaban J connectivity index is 1.53. The predicted octanol–water partition coefficient (Wildman–Crippen LogP) is 3.62. The molecule has 2 bridgehead atoms. The van der Waals surface area contributed by atoms with E-state index in [9.17, 15) is 33.6 Å². The quantitative estimate of drug-likeness (QED) is 0.0807. The number of hydrogen-bond donors (Lipinski definition) is 6. The van der Waals surface area contributed by atoms with Crippen LogP contribution < -0.4 is 32.3 Å².